The summed E-state index contributed by atoms with van der Waals surface area (Å²) in [6, 6.07) is 9.96. The van der Waals surface area contributed by atoms with Gasteiger partial charge in [-0.1, -0.05) is 12.1 Å². The Morgan fingerprint density at radius 1 is 1.19 bits per heavy atom. The number of imide groups is 1. The number of nitrogens with zero attached hydrogens (tertiary/aromatic N) is 3. The molecular weight excluding hydrogens is 334 g/mol. The van der Waals surface area contributed by atoms with Crippen molar-refractivity contribution >= 4 is 29.4 Å². The molecule has 26 heavy (non-hydrogen) atoms. The number of urea groups is 1. The van der Waals surface area contributed by atoms with E-state index < -0.39 is 6.03 Å². The van der Waals surface area contributed by atoms with Crippen molar-refractivity contribution in [3.05, 3.63) is 53.7 Å². The van der Waals surface area contributed by atoms with Crippen LogP contribution in [-0.4, -0.2) is 48.4 Å². The largest absolute Gasteiger partial charge is 0.363 e. The van der Waals surface area contributed by atoms with Crippen molar-refractivity contribution in [3.8, 4) is 0 Å². The number of hydrogen-bond donors (Lipinski definition) is 2. The second-order valence-electron chi connectivity index (χ2n) is 6.09. The third-order valence-corrected chi connectivity index (χ3v) is 3.96. The van der Waals surface area contributed by atoms with E-state index in [1.807, 2.05) is 25.1 Å². The normalized spacial score (nSPS) is 13.5. The van der Waals surface area contributed by atoms with Crippen molar-refractivity contribution in [2.24, 2.45) is 0 Å². The zero-order valence-corrected chi connectivity index (χ0v) is 14.5. The van der Waals surface area contributed by atoms with Crippen LogP contribution in [0.5, 0.6) is 0 Å². The maximum Gasteiger partial charge on any atom is 0.324 e. The minimum absolute atomic E-state index is 0.0277. The van der Waals surface area contributed by atoms with E-state index in [9.17, 15) is 14.4 Å². The molecule has 4 amide bonds. The fourth-order valence-electron chi connectivity index (χ4n) is 2.49. The molecule has 2 aromatic rings. The van der Waals surface area contributed by atoms with E-state index in [4.69, 9.17) is 0 Å². The van der Waals surface area contributed by atoms with Crippen LogP contribution in [0, 0.1) is 0 Å². The van der Waals surface area contributed by atoms with E-state index in [1.54, 1.807) is 36.5 Å². The van der Waals surface area contributed by atoms with Gasteiger partial charge in [0, 0.05) is 19.7 Å². The molecule has 1 aromatic carbocycles. The zero-order valence-electron chi connectivity index (χ0n) is 14.5. The fourth-order valence-corrected chi connectivity index (χ4v) is 2.49. The summed E-state index contributed by atoms with van der Waals surface area (Å²) in [5.74, 6) is 0.282. The summed E-state index contributed by atoms with van der Waals surface area (Å²) in [5.41, 5.74) is 1.84. The second kappa shape index (κ2) is 7.22. The number of amides is 4. The van der Waals surface area contributed by atoms with Crippen LogP contribution in [0.3, 0.4) is 0 Å². The van der Waals surface area contributed by atoms with Gasteiger partial charge in [0.1, 0.15) is 5.82 Å². The van der Waals surface area contributed by atoms with Crippen molar-refractivity contribution in [1.82, 2.24) is 15.2 Å². The van der Waals surface area contributed by atoms with E-state index in [2.05, 4.69) is 15.6 Å². The van der Waals surface area contributed by atoms with Crippen LogP contribution >= 0.6 is 0 Å². The summed E-state index contributed by atoms with van der Waals surface area (Å²) in [6.07, 6.45) is 1.60. The Bertz CT molecular complexity index is 815. The number of nitrogens with one attached hydrogen (secondary N) is 2. The standard InChI is InChI=1S/C18H19N5O3/c1-22(2)15-8-7-14(9-19-15)21-17(25)13-5-3-12(4-6-13)11-23-16(24)10-20-18(23)26/h3-9H,10-11H2,1-2H3,(H,20,26)(H,21,25). The lowest BCUT2D eigenvalue weighted by atomic mass is 10.1. The number of rotatable bonds is 5. The highest BCUT2D eigenvalue weighted by Crippen LogP contribution is 2.14. The third-order valence-electron chi connectivity index (χ3n) is 3.96. The molecule has 8 heteroatoms. The molecule has 1 aromatic heterocycles. The smallest absolute Gasteiger partial charge is 0.324 e. The van der Waals surface area contributed by atoms with Gasteiger partial charge in [-0.2, -0.15) is 0 Å². The molecule has 8 nitrogen and oxygen atoms in total. The first-order valence-corrected chi connectivity index (χ1v) is 8.06. The quantitative estimate of drug-likeness (QED) is 0.794. The number of pyridine rings is 1. The number of anilines is 2. The Morgan fingerprint density at radius 3 is 2.46 bits per heavy atom. The molecule has 2 heterocycles. The van der Waals surface area contributed by atoms with Crippen molar-refractivity contribution in [2.45, 2.75) is 6.54 Å². The molecule has 3 rings (SSSR count). The highest BCUT2D eigenvalue weighted by atomic mass is 16.2. The van der Waals surface area contributed by atoms with E-state index in [0.717, 1.165) is 16.3 Å². The van der Waals surface area contributed by atoms with Gasteiger partial charge in [-0.25, -0.2) is 9.78 Å². The lowest BCUT2D eigenvalue weighted by Gasteiger charge is -2.13. The third kappa shape index (κ3) is 3.80. The SMILES string of the molecule is CN(C)c1ccc(NC(=O)c2ccc(CN3C(=O)CNC3=O)cc2)cn1. The molecule has 0 radical (unpaired) electrons. The molecule has 1 fully saturated rings. The maximum atomic E-state index is 12.3. The van der Waals surface area contributed by atoms with Crippen LogP contribution < -0.4 is 15.5 Å². The topological polar surface area (TPSA) is 94.6 Å². The second-order valence-corrected chi connectivity index (χ2v) is 6.09. The van der Waals surface area contributed by atoms with Crippen LogP contribution in [0.1, 0.15) is 15.9 Å². The van der Waals surface area contributed by atoms with Gasteiger partial charge < -0.3 is 15.5 Å². The molecule has 2 N–H and O–H groups in total. The van der Waals surface area contributed by atoms with E-state index in [0.29, 0.717) is 11.3 Å². The molecular formula is C18H19N5O3. The summed E-state index contributed by atoms with van der Waals surface area (Å²) >= 11 is 0. The van der Waals surface area contributed by atoms with Crippen molar-refractivity contribution in [3.63, 3.8) is 0 Å². The maximum absolute atomic E-state index is 12.3. The highest BCUT2D eigenvalue weighted by Gasteiger charge is 2.28. The Kier molecular flexibility index (Phi) is 4.83. The van der Waals surface area contributed by atoms with Crippen molar-refractivity contribution < 1.29 is 14.4 Å². The highest BCUT2D eigenvalue weighted by molar-refractivity contribution is 6.04. The van der Waals surface area contributed by atoms with Crippen LogP contribution in [-0.2, 0) is 11.3 Å². The van der Waals surface area contributed by atoms with Crippen molar-refractivity contribution in [1.29, 1.82) is 0 Å². The van der Waals surface area contributed by atoms with E-state index in [1.165, 1.54) is 0 Å². The average Bonchev–Trinajstić information content (AvgIpc) is 2.94. The summed E-state index contributed by atoms with van der Waals surface area (Å²) in [5, 5.41) is 5.25. The number of aromatic nitrogens is 1. The van der Waals surface area contributed by atoms with Crippen LogP contribution in [0.2, 0.25) is 0 Å². The summed E-state index contributed by atoms with van der Waals surface area (Å²) in [6.45, 7) is 0.211. The van der Waals surface area contributed by atoms with Gasteiger partial charge in [0.15, 0.2) is 0 Å². The molecule has 0 spiro atoms. The molecule has 1 aliphatic rings. The zero-order chi connectivity index (χ0) is 18.7. The molecule has 0 atom stereocenters. The van der Waals surface area contributed by atoms with Gasteiger partial charge in [-0.15, -0.1) is 0 Å². The number of hydrogen-bond acceptors (Lipinski definition) is 5. The molecule has 1 saturated heterocycles. The Balaban J connectivity index is 1.63. The number of benzene rings is 1. The predicted molar refractivity (Wildman–Crippen MR) is 96.9 cm³/mol. The van der Waals surface area contributed by atoms with Crippen LogP contribution in [0.15, 0.2) is 42.6 Å². The van der Waals surface area contributed by atoms with Gasteiger partial charge in [0.05, 0.1) is 25.0 Å². The minimum Gasteiger partial charge on any atom is -0.363 e. The minimum atomic E-state index is -0.398. The Labute approximate surface area is 150 Å². The first kappa shape index (κ1) is 17.4. The first-order valence-electron chi connectivity index (χ1n) is 8.06. The number of carbonyl (C=O) groups excluding carboxylic acids is 3. The lowest BCUT2D eigenvalue weighted by molar-refractivity contribution is -0.125. The van der Waals surface area contributed by atoms with Gasteiger partial charge in [-0.3, -0.25) is 14.5 Å². The summed E-state index contributed by atoms with van der Waals surface area (Å²) in [7, 11) is 3.78. The van der Waals surface area contributed by atoms with E-state index in [-0.39, 0.29) is 24.9 Å². The lowest BCUT2D eigenvalue weighted by Crippen LogP contribution is -2.30. The number of carbonyl (C=O) groups is 3. The predicted octanol–water partition coefficient (Wildman–Crippen LogP) is 1.45. The Hall–Kier alpha value is -3.42. The molecule has 0 aliphatic carbocycles. The summed E-state index contributed by atoms with van der Waals surface area (Å²) < 4.78 is 0. The molecule has 1 aliphatic heterocycles. The van der Waals surface area contributed by atoms with Gasteiger partial charge in [0.2, 0.25) is 5.91 Å². The molecule has 0 saturated carbocycles. The Morgan fingerprint density at radius 2 is 1.92 bits per heavy atom. The first-order chi connectivity index (χ1) is 12.4. The monoisotopic (exact) mass is 353 g/mol. The fraction of sp³-hybridized carbons (Fsp3) is 0.222. The molecule has 134 valence electrons. The van der Waals surface area contributed by atoms with Crippen molar-refractivity contribution in [2.75, 3.05) is 30.9 Å². The van der Waals surface area contributed by atoms with Gasteiger partial charge >= 0.3 is 6.03 Å². The average molecular weight is 353 g/mol. The van der Waals surface area contributed by atoms with Gasteiger partial charge in [0.25, 0.3) is 5.91 Å². The van der Waals surface area contributed by atoms with Crippen LogP contribution in [0.4, 0.5) is 16.3 Å². The molecule has 0 unspecified atom stereocenters. The summed E-state index contributed by atoms with van der Waals surface area (Å²) in [4.78, 5) is 42.7. The molecule has 0 bridgehead atoms. The van der Waals surface area contributed by atoms with Crippen LogP contribution in [0.25, 0.3) is 0 Å². The van der Waals surface area contributed by atoms with E-state index >= 15 is 0 Å². The van der Waals surface area contributed by atoms with Gasteiger partial charge in [-0.05, 0) is 29.8 Å².